The first-order valence-electron chi connectivity index (χ1n) is 3.30. The number of carbonyl (C=O) groups excluding carboxylic acids is 1. The van der Waals surface area contributed by atoms with Gasteiger partial charge in [0.1, 0.15) is 11.3 Å². The highest BCUT2D eigenvalue weighted by molar-refractivity contribution is 5.35. The molecule has 0 spiro atoms. The summed E-state index contributed by atoms with van der Waals surface area (Å²) in [6, 6.07) is 3.54. The SMILES string of the molecule is CC(C)(N=C=O)c1ccco1. The van der Waals surface area contributed by atoms with Crippen LogP contribution in [0.5, 0.6) is 0 Å². The maximum absolute atomic E-state index is 9.98. The zero-order chi connectivity index (χ0) is 8.32. The Morgan fingerprint density at radius 2 is 2.36 bits per heavy atom. The average molecular weight is 151 g/mol. The summed E-state index contributed by atoms with van der Waals surface area (Å²) in [5.74, 6) is 0.667. The van der Waals surface area contributed by atoms with Crippen LogP contribution in [0.1, 0.15) is 19.6 Å². The van der Waals surface area contributed by atoms with E-state index in [4.69, 9.17) is 4.42 Å². The quantitative estimate of drug-likeness (QED) is 0.478. The number of nitrogens with zero attached hydrogens (tertiary/aromatic N) is 1. The van der Waals surface area contributed by atoms with Gasteiger partial charge in [0.25, 0.3) is 0 Å². The summed E-state index contributed by atoms with van der Waals surface area (Å²) >= 11 is 0. The van der Waals surface area contributed by atoms with Gasteiger partial charge in [0, 0.05) is 0 Å². The minimum absolute atomic E-state index is 0.592. The van der Waals surface area contributed by atoms with Crippen molar-refractivity contribution in [2.24, 2.45) is 4.99 Å². The van der Waals surface area contributed by atoms with Crippen LogP contribution < -0.4 is 0 Å². The molecule has 0 radical (unpaired) electrons. The van der Waals surface area contributed by atoms with Crippen molar-refractivity contribution in [1.82, 2.24) is 0 Å². The summed E-state index contributed by atoms with van der Waals surface area (Å²) in [7, 11) is 0. The minimum atomic E-state index is -0.592. The Labute approximate surface area is 64.7 Å². The van der Waals surface area contributed by atoms with Gasteiger partial charge < -0.3 is 4.42 Å². The zero-order valence-electron chi connectivity index (χ0n) is 6.50. The van der Waals surface area contributed by atoms with Crippen LogP contribution in [-0.2, 0) is 10.3 Å². The molecule has 0 amide bonds. The number of hydrogen-bond acceptors (Lipinski definition) is 3. The summed E-state index contributed by atoms with van der Waals surface area (Å²) in [5, 5.41) is 0. The van der Waals surface area contributed by atoms with E-state index in [1.807, 2.05) is 0 Å². The number of aliphatic imine (C=N–C) groups is 1. The summed E-state index contributed by atoms with van der Waals surface area (Å²) < 4.78 is 5.08. The maximum atomic E-state index is 9.98. The molecule has 0 aromatic carbocycles. The second-order valence-corrected chi connectivity index (χ2v) is 2.74. The largest absolute Gasteiger partial charge is 0.467 e. The maximum Gasteiger partial charge on any atom is 0.235 e. The van der Waals surface area contributed by atoms with Crippen molar-refractivity contribution in [2.45, 2.75) is 19.4 Å². The van der Waals surface area contributed by atoms with Crippen LogP contribution in [0.4, 0.5) is 0 Å². The van der Waals surface area contributed by atoms with Gasteiger partial charge >= 0.3 is 0 Å². The number of furan rings is 1. The third kappa shape index (κ3) is 1.57. The highest BCUT2D eigenvalue weighted by Gasteiger charge is 2.21. The molecule has 1 rings (SSSR count). The first-order valence-corrected chi connectivity index (χ1v) is 3.30. The van der Waals surface area contributed by atoms with Gasteiger partial charge in [-0.25, -0.2) is 4.79 Å². The Bertz CT molecular complexity index is 268. The zero-order valence-corrected chi connectivity index (χ0v) is 6.50. The molecule has 0 fully saturated rings. The molecule has 1 heterocycles. The van der Waals surface area contributed by atoms with E-state index in [9.17, 15) is 4.79 Å². The van der Waals surface area contributed by atoms with Gasteiger partial charge in [-0.15, -0.1) is 0 Å². The Morgan fingerprint density at radius 1 is 1.64 bits per heavy atom. The molecular formula is C8H9NO2. The Kier molecular flexibility index (Phi) is 1.92. The van der Waals surface area contributed by atoms with Crippen molar-refractivity contribution < 1.29 is 9.21 Å². The van der Waals surface area contributed by atoms with Gasteiger partial charge in [-0.1, -0.05) is 0 Å². The smallest absolute Gasteiger partial charge is 0.235 e. The lowest BCUT2D eigenvalue weighted by molar-refractivity contribution is 0.394. The summed E-state index contributed by atoms with van der Waals surface area (Å²) in [6.07, 6.45) is 3.06. The molecule has 0 saturated heterocycles. The van der Waals surface area contributed by atoms with Crippen molar-refractivity contribution in [3.63, 3.8) is 0 Å². The molecular weight excluding hydrogens is 142 g/mol. The van der Waals surface area contributed by atoms with Crippen LogP contribution in [0.15, 0.2) is 27.8 Å². The molecule has 0 aliphatic carbocycles. The van der Waals surface area contributed by atoms with Crippen LogP contribution in [-0.4, -0.2) is 6.08 Å². The van der Waals surface area contributed by atoms with Gasteiger partial charge in [0.15, 0.2) is 0 Å². The van der Waals surface area contributed by atoms with Crippen molar-refractivity contribution in [3.8, 4) is 0 Å². The third-order valence-electron chi connectivity index (χ3n) is 1.45. The molecule has 1 aromatic heterocycles. The predicted octanol–water partition coefficient (Wildman–Crippen LogP) is 1.85. The van der Waals surface area contributed by atoms with E-state index in [-0.39, 0.29) is 0 Å². The van der Waals surface area contributed by atoms with E-state index >= 15 is 0 Å². The lowest BCUT2D eigenvalue weighted by atomic mass is 10.0. The van der Waals surface area contributed by atoms with Crippen LogP contribution in [0, 0.1) is 0 Å². The molecule has 0 bridgehead atoms. The average Bonchev–Trinajstić information content (AvgIpc) is 2.37. The molecule has 0 atom stereocenters. The first kappa shape index (κ1) is 7.76. The van der Waals surface area contributed by atoms with Crippen LogP contribution in [0.3, 0.4) is 0 Å². The fourth-order valence-electron chi connectivity index (χ4n) is 0.796. The van der Waals surface area contributed by atoms with Gasteiger partial charge in [-0.05, 0) is 26.0 Å². The molecule has 3 nitrogen and oxygen atoms in total. The standard InChI is InChI=1S/C8H9NO2/c1-8(2,9-6-10)7-4-3-5-11-7/h3-5H,1-2H3. The van der Waals surface area contributed by atoms with E-state index in [0.717, 1.165) is 0 Å². The van der Waals surface area contributed by atoms with Crippen molar-refractivity contribution in [2.75, 3.05) is 0 Å². The van der Waals surface area contributed by atoms with Crippen molar-refractivity contribution >= 4 is 6.08 Å². The predicted molar refractivity (Wildman–Crippen MR) is 39.9 cm³/mol. The third-order valence-corrected chi connectivity index (χ3v) is 1.45. The Balaban J connectivity index is 2.99. The van der Waals surface area contributed by atoms with E-state index in [1.165, 1.54) is 6.08 Å². The van der Waals surface area contributed by atoms with Crippen LogP contribution in [0.25, 0.3) is 0 Å². The van der Waals surface area contributed by atoms with Gasteiger partial charge in [0.2, 0.25) is 6.08 Å². The highest BCUT2D eigenvalue weighted by atomic mass is 16.3. The van der Waals surface area contributed by atoms with Crippen molar-refractivity contribution in [3.05, 3.63) is 24.2 Å². The van der Waals surface area contributed by atoms with E-state index in [2.05, 4.69) is 4.99 Å². The Morgan fingerprint density at radius 3 is 2.82 bits per heavy atom. The topological polar surface area (TPSA) is 42.6 Å². The summed E-state index contributed by atoms with van der Waals surface area (Å²) in [6.45, 7) is 3.58. The second kappa shape index (κ2) is 2.72. The van der Waals surface area contributed by atoms with E-state index < -0.39 is 5.54 Å². The minimum Gasteiger partial charge on any atom is -0.467 e. The van der Waals surface area contributed by atoms with Gasteiger partial charge in [-0.2, -0.15) is 4.99 Å². The molecule has 0 saturated carbocycles. The monoisotopic (exact) mass is 151 g/mol. The van der Waals surface area contributed by atoms with Crippen LogP contribution in [0.2, 0.25) is 0 Å². The number of rotatable bonds is 2. The van der Waals surface area contributed by atoms with Crippen molar-refractivity contribution in [1.29, 1.82) is 0 Å². The second-order valence-electron chi connectivity index (χ2n) is 2.74. The number of isocyanates is 1. The molecule has 1 aromatic rings. The van der Waals surface area contributed by atoms with E-state index in [1.54, 1.807) is 32.2 Å². The van der Waals surface area contributed by atoms with Gasteiger partial charge in [0.05, 0.1) is 6.26 Å². The lowest BCUT2D eigenvalue weighted by Crippen LogP contribution is -2.11. The molecule has 11 heavy (non-hydrogen) atoms. The molecule has 0 aliphatic heterocycles. The van der Waals surface area contributed by atoms with Crippen LogP contribution >= 0.6 is 0 Å². The number of hydrogen-bond donors (Lipinski definition) is 0. The molecule has 3 heteroatoms. The molecule has 0 N–H and O–H groups in total. The molecule has 0 unspecified atom stereocenters. The highest BCUT2D eigenvalue weighted by Crippen LogP contribution is 2.23. The lowest BCUT2D eigenvalue weighted by Gasteiger charge is -2.12. The normalized spacial score (nSPS) is 10.7. The molecule has 58 valence electrons. The fraction of sp³-hybridized carbons (Fsp3) is 0.375. The summed E-state index contributed by atoms with van der Waals surface area (Å²) in [5.41, 5.74) is -0.592. The molecule has 0 aliphatic rings. The van der Waals surface area contributed by atoms with Gasteiger partial charge in [-0.3, -0.25) is 0 Å². The summed E-state index contributed by atoms with van der Waals surface area (Å²) in [4.78, 5) is 13.6. The fourth-order valence-corrected chi connectivity index (χ4v) is 0.796. The first-order chi connectivity index (χ1) is 5.17. The van der Waals surface area contributed by atoms with E-state index in [0.29, 0.717) is 5.76 Å². The Hall–Kier alpha value is -1.34.